The highest BCUT2D eigenvalue weighted by Gasteiger charge is 2.41. The average Bonchev–Trinajstić information content (AvgIpc) is 3.26. The van der Waals surface area contributed by atoms with Crippen LogP contribution in [0, 0.1) is 5.82 Å². The number of hydrogen-bond donors (Lipinski definition) is 1. The van der Waals surface area contributed by atoms with Crippen LogP contribution in [-0.2, 0) is 0 Å². The van der Waals surface area contributed by atoms with E-state index < -0.39 is 12.1 Å². The maximum Gasteiger partial charge on any atom is 0.226 e. The molecule has 0 spiro atoms. The Bertz CT molecular complexity index is 1400. The van der Waals surface area contributed by atoms with Crippen LogP contribution in [0.15, 0.2) is 83.1 Å². The van der Waals surface area contributed by atoms with Gasteiger partial charge in [-0.1, -0.05) is 57.9 Å². The van der Waals surface area contributed by atoms with Gasteiger partial charge in [0.15, 0.2) is 0 Å². The van der Waals surface area contributed by atoms with Gasteiger partial charge in [0.1, 0.15) is 30.0 Å². The summed E-state index contributed by atoms with van der Waals surface area (Å²) in [5.74, 6) is 0.890. The van der Waals surface area contributed by atoms with E-state index in [0.717, 1.165) is 26.9 Å². The first-order valence-corrected chi connectivity index (χ1v) is 11.1. The van der Waals surface area contributed by atoms with Gasteiger partial charge in [0.2, 0.25) is 5.95 Å². The first-order valence-electron chi connectivity index (χ1n) is 9.97. The summed E-state index contributed by atoms with van der Waals surface area (Å²) in [4.78, 5) is 4.36. The molecule has 4 aromatic rings. The fourth-order valence-electron chi connectivity index (χ4n) is 4.38. The number of aromatic nitrogens is 3. The van der Waals surface area contributed by atoms with Crippen LogP contribution in [0.2, 0.25) is 5.02 Å². The predicted octanol–water partition coefficient (Wildman–Crippen LogP) is 6.39. The summed E-state index contributed by atoms with van der Waals surface area (Å²) in [6.45, 7) is 0. The summed E-state index contributed by atoms with van der Waals surface area (Å²) in [5, 5.41) is 8.39. The Morgan fingerprint density at radius 1 is 1.06 bits per heavy atom. The molecule has 2 aliphatic heterocycles. The monoisotopic (exact) mass is 508 g/mol. The van der Waals surface area contributed by atoms with Gasteiger partial charge in [-0.15, -0.1) is 0 Å². The number of halogens is 3. The summed E-state index contributed by atoms with van der Waals surface area (Å²) in [7, 11) is 0. The van der Waals surface area contributed by atoms with Crippen molar-refractivity contribution in [3.8, 4) is 5.75 Å². The Hall–Kier alpha value is -3.16. The Morgan fingerprint density at radius 3 is 2.78 bits per heavy atom. The number of rotatable bonds is 2. The van der Waals surface area contributed by atoms with E-state index in [1.165, 1.54) is 12.4 Å². The molecule has 0 unspecified atom stereocenters. The molecule has 3 aromatic carbocycles. The van der Waals surface area contributed by atoms with E-state index in [4.69, 9.17) is 16.3 Å². The molecule has 3 heterocycles. The van der Waals surface area contributed by atoms with Crippen LogP contribution in [0.25, 0.3) is 5.70 Å². The van der Waals surface area contributed by atoms with Gasteiger partial charge in [0, 0.05) is 26.2 Å². The van der Waals surface area contributed by atoms with Gasteiger partial charge in [-0.25, -0.2) is 9.07 Å². The van der Waals surface area contributed by atoms with Crippen molar-refractivity contribution in [2.75, 3.05) is 5.32 Å². The second kappa shape index (κ2) is 7.46. The lowest BCUT2D eigenvalue weighted by Crippen LogP contribution is -2.32. The summed E-state index contributed by atoms with van der Waals surface area (Å²) in [5.41, 5.74) is 3.85. The molecule has 0 bridgehead atoms. The number of nitrogens with zero attached hydrogens (tertiary/aromatic N) is 3. The molecule has 0 radical (unpaired) electrons. The number of benzene rings is 3. The second-order valence-corrected chi connectivity index (χ2v) is 8.95. The van der Waals surface area contributed by atoms with Gasteiger partial charge < -0.3 is 10.1 Å². The molecule has 158 valence electrons. The zero-order chi connectivity index (χ0) is 21.8. The van der Waals surface area contributed by atoms with E-state index in [2.05, 4.69) is 31.3 Å². The van der Waals surface area contributed by atoms with Crippen molar-refractivity contribution in [1.29, 1.82) is 0 Å². The summed E-state index contributed by atoms with van der Waals surface area (Å²) in [6, 6.07) is 19.6. The largest absolute Gasteiger partial charge is 0.480 e. The molecule has 0 aliphatic carbocycles. The van der Waals surface area contributed by atoms with Gasteiger partial charge in [-0.3, -0.25) is 0 Å². The molecular formula is C24H15BrClFN4O. The minimum Gasteiger partial charge on any atom is -0.480 e. The van der Waals surface area contributed by atoms with E-state index in [1.807, 2.05) is 42.5 Å². The van der Waals surface area contributed by atoms with Gasteiger partial charge in [-0.05, 0) is 42.0 Å². The van der Waals surface area contributed by atoms with Crippen LogP contribution in [0.5, 0.6) is 5.75 Å². The topological polar surface area (TPSA) is 52.0 Å². The van der Waals surface area contributed by atoms with E-state index in [0.29, 0.717) is 22.3 Å². The lowest BCUT2D eigenvalue weighted by molar-refractivity contribution is 0.222. The van der Waals surface area contributed by atoms with Crippen LogP contribution in [0.1, 0.15) is 28.8 Å². The summed E-state index contributed by atoms with van der Waals surface area (Å²) < 4.78 is 24.3. The number of anilines is 1. The highest BCUT2D eigenvalue weighted by Crippen LogP contribution is 2.51. The van der Waals surface area contributed by atoms with Crippen molar-refractivity contribution in [3.05, 3.63) is 111 Å². The van der Waals surface area contributed by atoms with Crippen molar-refractivity contribution < 1.29 is 9.13 Å². The molecular weight excluding hydrogens is 495 g/mol. The van der Waals surface area contributed by atoms with Crippen LogP contribution in [-0.4, -0.2) is 14.8 Å². The van der Waals surface area contributed by atoms with Crippen molar-refractivity contribution in [2.24, 2.45) is 0 Å². The van der Waals surface area contributed by atoms with Gasteiger partial charge in [0.05, 0.1) is 5.70 Å². The molecule has 1 N–H and O–H groups in total. The van der Waals surface area contributed by atoms with E-state index in [-0.39, 0.29) is 5.82 Å². The molecule has 32 heavy (non-hydrogen) atoms. The molecule has 0 fully saturated rings. The van der Waals surface area contributed by atoms with Gasteiger partial charge >= 0.3 is 0 Å². The second-order valence-electron chi connectivity index (χ2n) is 7.60. The van der Waals surface area contributed by atoms with Crippen LogP contribution < -0.4 is 10.1 Å². The summed E-state index contributed by atoms with van der Waals surface area (Å²) >= 11 is 9.89. The molecule has 0 saturated heterocycles. The highest BCUT2D eigenvalue weighted by molar-refractivity contribution is 9.10. The molecule has 6 rings (SSSR count). The third-order valence-electron chi connectivity index (χ3n) is 5.73. The van der Waals surface area contributed by atoms with Crippen molar-refractivity contribution in [2.45, 2.75) is 12.1 Å². The van der Waals surface area contributed by atoms with Crippen molar-refractivity contribution in [3.63, 3.8) is 0 Å². The SMILES string of the molecule is Fc1ccccc1[C@H]1C2=C(Nc3ncnn31)c1cc(Cl)ccc1O[C@@H]2c1cccc(Br)c1. The van der Waals surface area contributed by atoms with E-state index >= 15 is 4.39 Å². The maximum absolute atomic E-state index is 15.1. The van der Waals surface area contributed by atoms with Gasteiger partial charge in [0.25, 0.3) is 0 Å². The number of ether oxygens (including phenoxy) is 1. The molecule has 0 amide bonds. The molecule has 1 aromatic heterocycles. The smallest absolute Gasteiger partial charge is 0.226 e. The lowest BCUT2D eigenvalue weighted by atomic mass is 9.84. The first-order chi connectivity index (χ1) is 15.6. The zero-order valence-electron chi connectivity index (χ0n) is 16.5. The predicted molar refractivity (Wildman–Crippen MR) is 124 cm³/mol. The van der Waals surface area contributed by atoms with E-state index in [1.54, 1.807) is 22.9 Å². The third-order valence-corrected chi connectivity index (χ3v) is 6.46. The first kappa shape index (κ1) is 19.5. The van der Waals surface area contributed by atoms with Crippen LogP contribution in [0.3, 0.4) is 0 Å². The minimum absolute atomic E-state index is 0.322. The Balaban J connectivity index is 1.67. The minimum atomic E-state index is -0.555. The molecule has 2 aliphatic rings. The highest BCUT2D eigenvalue weighted by atomic mass is 79.9. The van der Waals surface area contributed by atoms with Crippen molar-refractivity contribution in [1.82, 2.24) is 14.8 Å². The molecule has 2 atom stereocenters. The van der Waals surface area contributed by atoms with Crippen LogP contribution in [0.4, 0.5) is 10.3 Å². The average molecular weight is 510 g/mol. The molecule has 5 nitrogen and oxygen atoms in total. The Kier molecular flexibility index (Phi) is 4.55. The Labute approximate surface area is 196 Å². The maximum atomic E-state index is 15.1. The molecule has 8 heteroatoms. The number of nitrogens with one attached hydrogen (secondary N) is 1. The standard InChI is InChI=1S/C24H15BrClFN4O/c25-14-5-3-4-13(10-14)23-20-21(17-11-15(26)8-9-19(17)32-23)30-24-28-12-29-31(24)22(20)16-6-1-2-7-18(16)27/h1-12,22-23H,(H,28,29,30)/t22-,23+/m0/s1. The zero-order valence-corrected chi connectivity index (χ0v) is 18.8. The van der Waals surface area contributed by atoms with Crippen molar-refractivity contribution >= 4 is 39.2 Å². The number of fused-ring (bicyclic) bond motifs is 3. The fraction of sp³-hybridized carbons (Fsp3) is 0.0833. The van der Waals surface area contributed by atoms with E-state index in [9.17, 15) is 0 Å². The Morgan fingerprint density at radius 2 is 1.94 bits per heavy atom. The molecule has 0 saturated carbocycles. The lowest BCUT2D eigenvalue weighted by Gasteiger charge is -2.39. The fourth-order valence-corrected chi connectivity index (χ4v) is 4.97. The number of hydrogen-bond acceptors (Lipinski definition) is 4. The normalized spacial score (nSPS) is 18.8. The third kappa shape index (κ3) is 3.04. The summed E-state index contributed by atoms with van der Waals surface area (Å²) in [6.07, 6.45) is 0.980. The van der Waals surface area contributed by atoms with Gasteiger partial charge in [-0.2, -0.15) is 10.1 Å². The van der Waals surface area contributed by atoms with Crippen LogP contribution >= 0.6 is 27.5 Å². The quantitative estimate of drug-likeness (QED) is 0.340.